The molecule has 3 nitrogen and oxygen atoms in total. The van der Waals surface area contributed by atoms with Gasteiger partial charge in [0.05, 0.1) is 11.6 Å². The molecule has 0 spiro atoms. The second-order valence-corrected chi connectivity index (χ2v) is 8.54. The molecule has 0 radical (unpaired) electrons. The summed E-state index contributed by atoms with van der Waals surface area (Å²) in [6.45, 7) is 9.26. The number of rotatable bonds is 2. The number of aliphatic carboxylic acids is 1. The maximum absolute atomic E-state index is 11.8. The van der Waals surface area contributed by atoms with Crippen LogP contribution in [0.5, 0.6) is 0 Å². The van der Waals surface area contributed by atoms with Crippen LogP contribution in [0.25, 0.3) is 10.8 Å². The first-order valence-electron chi connectivity index (χ1n) is 11.8. The molecule has 36 heavy (non-hydrogen) atoms. The molecule has 1 unspecified atom stereocenters. The Kier molecular flexibility index (Phi) is 11.2. The van der Waals surface area contributed by atoms with Crippen LogP contribution in [0.1, 0.15) is 50.3 Å². The zero-order valence-electron chi connectivity index (χ0n) is 20.7. The molecule has 0 bridgehead atoms. The molecule has 1 heterocycles. The number of hydrogen-bond donors (Lipinski definition) is 1. The van der Waals surface area contributed by atoms with Crippen molar-refractivity contribution in [2.45, 2.75) is 45.3 Å². The molecule has 0 amide bonds. The molecule has 4 rings (SSSR count). The summed E-state index contributed by atoms with van der Waals surface area (Å²) in [6.07, 6.45) is -0.312. The molecule has 1 N–H and O–H groups in total. The highest BCUT2D eigenvalue weighted by Crippen LogP contribution is 2.28. The number of carboxylic acid groups (broad SMARTS) is 1. The number of halogens is 3. The molecule has 190 valence electrons. The summed E-state index contributed by atoms with van der Waals surface area (Å²) in [7, 11) is 0. The molecular formula is C30H32F3NO2. The van der Waals surface area contributed by atoms with Gasteiger partial charge in [-0.25, -0.2) is 0 Å². The van der Waals surface area contributed by atoms with Crippen molar-refractivity contribution in [1.29, 1.82) is 0 Å². The predicted octanol–water partition coefficient (Wildman–Crippen LogP) is 7.74. The van der Waals surface area contributed by atoms with Crippen LogP contribution in [-0.4, -0.2) is 29.1 Å². The molecule has 6 heteroatoms. The first-order chi connectivity index (χ1) is 17.1. The average Bonchev–Trinajstić information content (AvgIpc) is 2.85. The van der Waals surface area contributed by atoms with E-state index >= 15 is 0 Å². The fraction of sp³-hybridized carbons (Fsp3) is 0.300. The number of alkyl halides is 3. The lowest BCUT2D eigenvalue weighted by atomic mass is 9.98. The number of nitrogens with zero attached hydrogens (tertiary/aromatic N) is 1. The van der Waals surface area contributed by atoms with Gasteiger partial charge in [-0.3, -0.25) is 9.69 Å². The lowest BCUT2D eigenvalue weighted by Crippen LogP contribution is -2.33. The topological polar surface area (TPSA) is 40.5 Å². The first-order valence-corrected chi connectivity index (χ1v) is 11.8. The van der Waals surface area contributed by atoms with Gasteiger partial charge in [0.25, 0.3) is 5.97 Å². The van der Waals surface area contributed by atoms with Gasteiger partial charge in [-0.15, -0.1) is 0 Å². The Morgan fingerprint density at radius 1 is 0.917 bits per heavy atom. The molecule has 0 aliphatic carbocycles. The number of benzene rings is 3. The molecular weight excluding hydrogens is 463 g/mol. The standard InChI is InChI=1S/C21H23N.C7H5F3.C2H4O2/c1-17(2)10-13-21(22-14-6-3-7-15-22)20-12-11-18-8-4-5-9-19(18)16-20;8-7(9,10)6-4-2-1-3-5-6;1-2(3)4/h4-5,8-9,11-12,16,21H,1,3,6-7,14-15H2,2H3;1-5H;1H3,(H,3,4). The van der Waals surface area contributed by atoms with Crippen molar-refractivity contribution >= 4 is 16.7 Å². The minimum Gasteiger partial charge on any atom is -0.481 e. The monoisotopic (exact) mass is 495 g/mol. The summed E-state index contributed by atoms with van der Waals surface area (Å²) < 4.78 is 35.4. The highest BCUT2D eigenvalue weighted by atomic mass is 19.4. The number of fused-ring (bicyclic) bond motifs is 1. The van der Waals surface area contributed by atoms with Gasteiger partial charge in [-0.1, -0.05) is 91.6 Å². The van der Waals surface area contributed by atoms with Crippen molar-refractivity contribution in [2.75, 3.05) is 13.1 Å². The van der Waals surface area contributed by atoms with Crippen LogP contribution in [0.4, 0.5) is 13.2 Å². The SMILES string of the molecule is C=C(C)C#CC(c1ccc2ccccc2c1)N1CCCCC1.CC(=O)O.FC(F)(F)c1ccccc1. The minimum absolute atomic E-state index is 0.182. The van der Waals surface area contributed by atoms with Crippen molar-refractivity contribution in [2.24, 2.45) is 0 Å². The van der Waals surface area contributed by atoms with Crippen LogP contribution in [0.2, 0.25) is 0 Å². The molecule has 1 aliphatic heterocycles. The largest absolute Gasteiger partial charge is 0.481 e. The van der Waals surface area contributed by atoms with Crippen LogP contribution in [0.15, 0.2) is 84.9 Å². The predicted molar refractivity (Wildman–Crippen MR) is 139 cm³/mol. The van der Waals surface area contributed by atoms with Crippen molar-refractivity contribution in [3.63, 3.8) is 0 Å². The third-order valence-corrected chi connectivity index (χ3v) is 5.37. The highest BCUT2D eigenvalue weighted by Gasteiger charge is 2.29. The summed E-state index contributed by atoms with van der Waals surface area (Å²) in [5, 5.41) is 10.00. The summed E-state index contributed by atoms with van der Waals surface area (Å²) in [5.74, 6) is 5.82. The van der Waals surface area contributed by atoms with E-state index in [9.17, 15) is 13.2 Å². The van der Waals surface area contributed by atoms with Crippen LogP contribution in [0, 0.1) is 11.8 Å². The van der Waals surface area contributed by atoms with Crippen LogP contribution in [0.3, 0.4) is 0 Å². The molecule has 3 aromatic rings. The average molecular weight is 496 g/mol. The smallest absolute Gasteiger partial charge is 0.416 e. The molecule has 0 saturated carbocycles. The highest BCUT2D eigenvalue weighted by molar-refractivity contribution is 5.83. The number of hydrogen-bond acceptors (Lipinski definition) is 2. The fourth-order valence-corrected chi connectivity index (χ4v) is 3.76. The third kappa shape index (κ3) is 9.97. The van der Waals surface area contributed by atoms with Crippen molar-refractivity contribution in [1.82, 2.24) is 4.90 Å². The van der Waals surface area contributed by atoms with Crippen molar-refractivity contribution < 1.29 is 23.1 Å². The number of allylic oxidation sites excluding steroid dienone is 1. The van der Waals surface area contributed by atoms with Crippen LogP contribution >= 0.6 is 0 Å². The zero-order valence-corrected chi connectivity index (χ0v) is 20.7. The van der Waals surface area contributed by atoms with E-state index in [0.717, 1.165) is 37.7 Å². The first kappa shape index (κ1) is 28.7. The fourth-order valence-electron chi connectivity index (χ4n) is 3.76. The lowest BCUT2D eigenvalue weighted by Gasteiger charge is -2.32. The molecule has 0 aromatic heterocycles. The maximum Gasteiger partial charge on any atom is 0.416 e. The summed E-state index contributed by atoms with van der Waals surface area (Å²) >= 11 is 0. The van der Waals surface area contributed by atoms with Gasteiger partial charge in [0.2, 0.25) is 0 Å². The van der Waals surface area contributed by atoms with E-state index in [4.69, 9.17) is 9.90 Å². The molecule has 1 saturated heterocycles. The second kappa shape index (κ2) is 14.1. The van der Waals surface area contributed by atoms with Gasteiger partial charge in [0.15, 0.2) is 0 Å². The quantitative estimate of drug-likeness (QED) is 0.370. The lowest BCUT2D eigenvalue weighted by molar-refractivity contribution is -0.137. The van der Waals surface area contributed by atoms with Crippen LogP contribution in [-0.2, 0) is 11.0 Å². The summed E-state index contributed by atoms with van der Waals surface area (Å²) in [6, 6.07) is 21.8. The molecule has 1 atom stereocenters. The Morgan fingerprint density at radius 3 is 2.00 bits per heavy atom. The van der Waals surface area contributed by atoms with E-state index in [1.165, 1.54) is 47.7 Å². The van der Waals surface area contributed by atoms with Gasteiger partial charge in [-0.05, 0) is 60.8 Å². The summed E-state index contributed by atoms with van der Waals surface area (Å²) in [5.41, 5.74) is 1.63. The second-order valence-electron chi connectivity index (χ2n) is 8.54. The summed E-state index contributed by atoms with van der Waals surface area (Å²) in [4.78, 5) is 11.5. The molecule has 1 fully saturated rings. The minimum atomic E-state index is -4.21. The van der Waals surface area contributed by atoms with Gasteiger partial charge < -0.3 is 5.11 Å². The van der Waals surface area contributed by atoms with Gasteiger partial charge in [0.1, 0.15) is 0 Å². The third-order valence-electron chi connectivity index (χ3n) is 5.37. The van der Waals surface area contributed by atoms with Gasteiger partial charge in [-0.2, -0.15) is 13.2 Å². The Labute approximate surface area is 211 Å². The Morgan fingerprint density at radius 2 is 1.47 bits per heavy atom. The molecule has 1 aliphatic rings. The van der Waals surface area contributed by atoms with Crippen molar-refractivity contribution in [3.8, 4) is 11.8 Å². The van der Waals surface area contributed by atoms with E-state index in [-0.39, 0.29) is 6.04 Å². The van der Waals surface area contributed by atoms with Crippen molar-refractivity contribution in [3.05, 3.63) is 96.1 Å². The van der Waals surface area contributed by atoms with Gasteiger partial charge >= 0.3 is 6.18 Å². The zero-order chi connectivity index (χ0) is 26.6. The van der Waals surface area contributed by atoms with E-state index in [2.05, 4.69) is 65.8 Å². The number of likely N-dealkylation sites (tertiary alicyclic amines) is 1. The van der Waals surface area contributed by atoms with Crippen LogP contribution < -0.4 is 0 Å². The van der Waals surface area contributed by atoms with E-state index < -0.39 is 17.7 Å². The Balaban J connectivity index is 0.000000270. The van der Waals surface area contributed by atoms with Gasteiger partial charge in [0, 0.05) is 6.92 Å². The van der Waals surface area contributed by atoms with E-state index in [0.29, 0.717) is 0 Å². The number of carboxylic acids is 1. The Hall–Kier alpha value is -3.56. The molecule has 3 aromatic carbocycles. The number of carbonyl (C=O) groups is 1. The van der Waals surface area contributed by atoms with E-state index in [1.807, 2.05) is 6.92 Å². The maximum atomic E-state index is 11.8. The Bertz CT molecular complexity index is 1180. The normalized spacial score (nSPS) is 14.1. The number of piperidine rings is 1. The van der Waals surface area contributed by atoms with E-state index in [1.54, 1.807) is 6.07 Å².